The molecule has 0 fully saturated rings. The number of nitro groups is 1. The highest BCUT2D eigenvalue weighted by Gasteiger charge is 2.30. The van der Waals surface area contributed by atoms with Crippen LogP contribution in [0.3, 0.4) is 0 Å². The van der Waals surface area contributed by atoms with Crippen molar-refractivity contribution >= 4 is 40.1 Å². The maximum absolute atomic E-state index is 13.2. The Kier molecular flexibility index (Phi) is 6.93. The van der Waals surface area contributed by atoms with Gasteiger partial charge in [0.2, 0.25) is 5.91 Å². The zero-order chi connectivity index (χ0) is 26.8. The Balaban J connectivity index is 1.58. The number of non-ortho nitro benzene ring substituents is 1. The molecule has 0 saturated heterocycles. The molecule has 2 heterocycles. The quantitative estimate of drug-likeness (QED) is 0.246. The number of fused-ring (bicyclic) bond motifs is 2. The summed E-state index contributed by atoms with van der Waals surface area (Å²) in [6.45, 7) is 3.42. The van der Waals surface area contributed by atoms with Gasteiger partial charge in [0.15, 0.2) is 0 Å². The van der Waals surface area contributed by atoms with Crippen molar-refractivity contribution < 1.29 is 14.5 Å². The van der Waals surface area contributed by atoms with E-state index < -0.39 is 4.92 Å². The van der Waals surface area contributed by atoms with Crippen molar-refractivity contribution in [2.45, 2.75) is 32.7 Å². The second-order valence-electron chi connectivity index (χ2n) is 9.58. The summed E-state index contributed by atoms with van der Waals surface area (Å²) >= 11 is 0. The zero-order valence-electron chi connectivity index (χ0n) is 21.1. The number of anilines is 2. The van der Waals surface area contributed by atoms with Gasteiger partial charge in [-0.1, -0.05) is 30.3 Å². The fourth-order valence-corrected chi connectivity index (χ4v) is 4.98. The van der Waals surface area contributed by atoms with Crippen molar-refractivity contribution in [3.63, 3.8) is 0 Å². The third-order valence-corrected chi connectivity index (χ3v) is 7.05. The van der Waals surface area contributed by atoms with Crippen LogP contribution in [0.4, 0.5) is 17.1 Å². The summed E-state index contributed by atoms with van der Waals surface area (Å²) < 4.78 is 0. The number of aryl methyl sites for hydroxylation is 1. The minimum Gasteiger partial charge on any atom is -0.354 e. The third kappa shape index (κ3) is 5.01. The summed E-state index contributed by atoms with van der Waals surface area (Å²) in [7, 11) is 0. The van der Waals surface area contributed by atoms with E-state index in [2.05, 4.69) is 10.6 Å². The number of hydrogen-bond donors (Lipinski definition) is 3. The summed E-state index contributed by atoms with van der Waals surface area (Å²) in [5.41, 5.74) is 12.4. The largest absolute Gasteiger partial charge is 0.354 e. The van der Waals surface area contributed by atoms with Gasteiger partial charge in [-0.2, -0.15) is 0 Å². The highest BCUT2D eigenvalue weighted by Crippen LogP contribution is 2.39. The Labute approximate surface area is 220 Å². The number of rotatable bonds is 7. The molecule has 0 atom stereocenters. The number of nitro benzene ring substituents is 1. The van der Waals surface area contributed by atoms with E-state index in [9.17, 15) is 19.7 Å². The summed E-state index contributed by atoms with van der Waals surface area (Å²) in [6, 6.07) is 18.3. The maximum atomic E-state index is 13.2. The highest BCUT2D eigenvalue weighted by molar-refractivity contribution is 6.37. The van der Waals surface area contributed by atoms with Gasteiger partial charge in [0.05, 0.1) is 16.2 Å². The zero-order valence-corrected chi connectivity index (χ0v) is 21.1. The predicted octanol–water partition coefficient (Wildman–Crippen LogP) is 4.32. The van der Waals surface area contributed by atoms with Crippen LogP contribution in [0.2, 0.25) is 0 Å². The summed E-state index contributed by atoms with van der Waals surface area (Å²) in [5.74, 6) is -0.273. The van der Waals surface area contributed by atoms with Gasteiger partial charge in [-0.25, -0.2) is 0 Å². The molecular weight excluding hydrogens is 482 g/mol. The van der Waals surface area contributed by atoms with Crippen LogP contribution < -0.4 is 16.4 Å². The molecule has 5 rings (SSSR count). The minimum atomic E-state index is -0.464. The second-order valence-corrected chi connectivity index (χ2v) is 9.58. The number of carbonyl (C=O) groups excluding carboxylic acids is 2. The standard InChI is InChI=1S/C29H29N5O4/c1-18(35)33-14-12-21-15-23(9-8-22(21)17-33)31-28(20-6-4-19(5-7-20)3-2-13-30)27-25-16-24(34(37)38)10-11-26(25)32-29(27)36/h4-11,15-16,31H,2-3,12-14,17,30H2,1H3,(H,32,36). The van der Waals surface area contributed by atoms with Gasteiger partial charge in [0.25, 0.3) is 11.6 Å². The minimum absolute atomic E-state index is 0.0554. The number of benzene rings is 3. The summed E-state index contributed by atoms with van der Waals surface area (Å²) in [6.07, 6.45) is 2.47. The first-order chi connectivity index (χ1) is 18.3. The first kappa shape index (κ1) is 25.2. The molecule has 9 nitrogen and oxygen atoms in total. The van der Waals surface area contributed by atoms with Crippen LogP contribution >= 0.6 is 0 Å². The Morgan fingerprint density at radius 1 is 1.11 bits per heavy atom. The SMILES string of the molecule is CC(=O)N1CCc2cc(NC(=C3C(=O)Nc4ccc([N+](=O)[O-])cc43)c3ccc(CCCN)cc3)ccc2C1. The van der Waals surface area contributed by atoms with Gasteiger partial charge >= 0.3 is 0 Å². The maximum Gasteiger partial charge on any atom is 0.270 e. The van der Waals surface area contributed by atoms with Crippen molar-refractivity contribution in [2.24, 2.45) is 5.73 Å². The van der Waals surface area contributed by atoms with Gasteiger partial charge in [0, 0.05) is 49.1 Å². The lowest BCUT2D eigenvalue weighted by atomic mass is 9.96. The van der Waals surface area contributed by atoms with Crippen molar-refractivity contribution in [3.05, 3.63) is 98.6 Å². The average Bonchev–Trinajstić information content (AvgIpc) is 3.25. The monoisotopic (exact) mass is 511 g/mol. The van der Waals surface area contributed by atoms with E-state index in [4.69, 9.17) is 5.73 Å². The van der Waals surface area contributed by atoms with E-state index in [1.54, 1.807) is 13.0 Å². The van der Waals surface area contributed by atoms with Crippen LogP contribution in [0.5, 0.6) is 0 Å². The summed E-state index contributed by atoms with van der Waals surface area (Å²) in [5, 5.41) is 17.8. The number of carbonyl (C=O) groups is 2. The van der Waals surface area contributed by atoms with Gasteiger partial charge in [0.1, 0.15) is 0 Å². The Bertz CT molecular complexity index is 1460. The van der Waals surface area contributed by atoms with Crippen LogP contribution in [-0.4, -0.2) is 34.7 Å². The predicted molar refractivity (Wildman–Crippen MR) is 147 cm³/mol. The number of nitrogens with zero attached hydrogens (tertiary/aromatic N) is 2. The molecule has 4 N–H and O–H groups in total. The third-order valence-electron chi connectivity index (χ3n) is 7.05. The second kappa shape index (κ2) is 10.5. The number of amides is 2. The van der Waals surface area contributed by atoms with E-state index in [0.29, 0.717) is 42.2 Å². The molecule has 2 aliphatic heterocycles. The molecule has 0 saturated carbocycles. The molecule has 0 aromatic heterocycles. The number of hydrogen-bond acceptors (Lipinski definition) is 6. The van der Waals surface area contributed by atoms with E-state index in [-0.39, 0.29) is 17.5 Å². The number of nitrogens with one attached hydrogen (secondary N) is 2. The molecule has 0 unspecified atom stereocenters. The molecule has 38 heavy (non-hydrogen) atoms. The lowest BCUT2D eigenvalue weighted by molar-refractivity contribution is -0.384. The van der Waals surface area contributed by atoms with Crippen LogP contribution in [0.1, 0.15) is 41.2 Å². The van der Waals surface area contributed by atoms with E-state index in [0.717, 1.165) is 47.2 Å². The smallest absolute Gasteiger partial charge is 0.270 e. The van der Waals surface area contributed by atoms with Crippen molar-refractivity contribution in [2.75, 3.05) is 23.7 Å². The van der Waals surface area contributed by atoms with Crippen molar-refractivity contribution in [1.29, 1.82) is 0 Å². The molecule has 0 radical (unpaired) electrons. The fraction of sp³-hybridized carbons (Fsp3) is 0.241. The van der Waals surface area contributed by atoms with Crippen LogP contribution in [0.25, 0.3) is 11.3 Å². The molecule has 2 aliphatic rings. The Morgan fingerprint density at radius 2 is 1.89 bits per heavy atom. The molecule has 3 aromatic rings. The van der Waals surface area contributed by atoms with E-state index in [1.807, 2.05) is 47.4 Å². The Morgan fingerprint density at radius 3 is 2.61 bits per heavy atom. The molecule has 3 aromatic carbocycles. The fourth-order valence-electron chi connectivity index (χ4n) is 4.98. The first-order valence-electron chi connectivity index (χ1n) is 12.6. The first-order valence-corrected chi connectivity index (χ1v) is 12.6. The molecule has 0 bridgehead atoms. The van der Waals surface area contributed by atoms with Crippen molar-refractivity contribution in [3.8, 4) is 0 Å². The molecule has 9 heteroatoms. The van der Waals surface area contributed by atoms with Gasteiger partial charge in [-0.05, 0) is 66.3 Å². The normalized spacial score (nSPS) is 15.4. The number of nitrogens with two attached hydrogens (primary N) is 1. The average molecular weight is 512 g/mol. The molecular formula is C29H29N5O4. The van der Waals surface area contributed by atoms with Gasteiger partial charge < -0.3 is 21.3 Å². The lowest BCUT2D eigenvalue weighted by Crippen LogP contribution is -2.34. The summed E-state index contributed by atoms with van der Waals surface area (Å²) in [4.78, 5) is 37.9. The molecule has 0 aliphatic carbocycles. The highest BCUT2D eigenvalue weighted by atomic mass is 16.6. The van der Waals surface area contributed by atoms with Gasteiger partial charge in [-0.3, -0.25) is 19.7 Å². The molecule has 194 valence electrons. The van der Waals surface area contributed by atoms with Crippen molar-refractivity contribution in [1.82, 2.24) is 4.90 Å². The molecule has 0 spiro atoms. The van der Waals surface area contributed by atoms with E-state index in [1.165, 1.54) is 12.1 Å². The lowest BCUT2D eigenvalue weighted by Gasteiger charge is -2.28. The van der Waals surface area contributed by atoms with Crippen LogP contribution in [0, 0.1) is 10.1 Å². The molecule has 2 amide bonds. The van der Waals surface area contributed by atoms with Gasteiger partial charge in [-0.15, -0.1) is 0 Å². The van der Waals surface area contributed by atoms with Crippen LogP contribution in [0.15, 0.2) is 60.7 Å². The van der Waals surface area contributed by atoms with Crippen LogP contribution in [-0.2, 0) is 29.0 Å². The Hall–Kier alpha value is -4.50. The topological polar surface area (TPSA) is 131 Å². The van der Waals surface area contributed by atoms with E-state index >= 15 is 0 Å².